The number of alkyl halides is 2. The number of carbonyl (C=O) groups is 1. The Hall–Kier alpha value is -2.44. The van der Waals surface area contributed by atoms with Crippen LogP contribution in [0.15, 0.2) is 42.7 Å². The Kier molecular flexibility index (Phi) is 4.07. The molecule has 0 saturated heterocycles. The number of hydrogen-bond acceptors (Lipinski definition) is 3. The molecule has 19 heavy (non-hydrogen) atoms. The molecule has 1 heterocycles. The first-order valence-electron chi connectivity index (χ1n) is 5.46. The van der Waals surface area contributed by atoms with Gasteiger partial charge in [0.15, 0.2) is 0 Å². The Labute approximate surface area is 107 Å². The summed E-state index contributed by atoms with van der Waals surface area (Å²) in [6, 6.07) is 7.68. The third-order valence-corrected chi connectivity index (χ3v) is 2.24. The van der Waals surface area contributed by atoms with Crippen LogP contribution < -0.4 is 10.1 Å². The van der Waals surface area contributed by atoms with Gasteiger partial charge in [0.25, 0.3) is 0 Å². The highest BCUT2D eigenvalue weighted by molar-refractivity contribution is 5.92. The van der Waals surface area contributed by atoms with Gasteiger partial charge in [0.2, 0.25) is 5.91 Å². The van der Waals surface area contributed by atoms with Gasteiger partial charge in [-0.05, 0) is 18.2 Å². The van der Waals surface area contributed by atoms with Crippen LogP contribution in [0, 0.1) is 0 Å². The van der Waals surface area contributed by atoms with Crippen LogP contribution in [0.2, 0.25) is 0 Å². The number of carbonyl (C=O) groups excluding carboxylic acids is 1. The number of anilines is 1. The van der Waals surface area contributed by atoms with Crippen molar-refractivity contribution in [2.75, 3.05) is 5.32 Å². The summed E-state index contributed by atoms with van der Waals surface area (Å²) >= 11 is 0. The van der Waals surface area contributed by atoms with Crippen molar-refractivity contribution in [3.05, 3.63) is 42.7 Å². The number of para-hydroxylation sites is 2. The molecule has 0 aliphatic carbocycles. The largest absolute Gasteiger partial charge is 0.433 e. The number of halogens is 2. The fourth-order valence-electron chi connectivity index (χ4n) is 1.50. The van der Waals surface area contributed by atoms with Gasteiger partial charge in [-0.1, -0.05) is 12.1 Å². The molecular formula is C12H11F2N3O2. The van der Waals surface area contributed by atoms with Gasteiger partial charge in [-0.25, -0.2) is 0 Å². The average molecular weight is 267 g/mol. The molecule has 5 nitrogen and oxygen atoms in total. The van der Waals surface area contributed by atoms with Crippen molar-refractivity contribution in [1.29, 1.82) is 0 Å². The predicted octanol–water partition coefficient (Wildman–Crippen LogP) is 2.12. The fourth-order valence-corrected chi connectivity index (χ4v) is 1.50. The van der Waals surface area contributed by atoms with Crippen LogP contribution >= 0.6 is 0 Å². The normalized spacial score (nSPS) is 10.5. The Morgan fingerprint density at radius 1 is 1.37 bits per heavy atom. The van der Waals surface area contributed by atoms with E-state index in [1.54, 1.807) is 30.6 Å². The molecule has 1 aromatic carbocycles. The van der Waals surface area contributed by atoms with E-state index in [1.165, 1.54) is 16.8 Å². The van der Waals surface area contributed by atoms with E-state index in [-0.39, 0.29) is 23.9 Å². The van der Waals surface area contributed by atoms with E-state index in [0.29, 0.717) is 0 Å². The van der Waals surface area contributed by atoms with Gasteiger partial charge < -0.3 is 10.1 Å². The standard InChI is InChI=1S/C12H11F2N3O2/c13-12(14)19-10-5-2-1-4-9(10)16-11(18)8-17-7-3-6-15-17/h1-7,12H,8H2,(H,16,18). The van der Waals surface area contributed by atoms with E-state index in [0.717, 1.165) is 0 Å². The molecule has 0 unspecified atom stereocenters. The number of rotatable bonds is 5. The number of nitrogens with one attached hydrogen (secondary N) is 1. The topological polar surface area (TPSA) is 56.2 Å². The molecule has 0 bridgehead atoms. The van der Waals surface area contributed by atoms with Crippen molar-refractivity contribution >= 4 is 11.6 Å². The molecule has 0 saturated carbocycles. The molecule has 0 aliphatic rings. The smallest absolute Gasteiger partial charge is 0.387 e. The molecule has 7 heteroatoms. The molecule has 1 aromatic heterocycles. The molecule has 0 fully saturated rings. The Morgan fingerprint density at radius 3 is 2.84 bits per heavy atom. The Bertz CT molecular complexity index is 544. The van der Waals surface area contributed by atoms with Gasteiger partial charge in [-0.15, -0.1) is 0 Å². The van der Waals surface area contributed by atoms with Crippen LogP contribution in [-0.4, -0.2) is 22.3 Å². The minimum Gasteiger partial charge on any atom is -0.433 e. The van der Waals surface area contributed by atoms with Gasteiger partial charge in [-0.2, -0.15) is 13.9 Å². The molecule has 0 radical (unpaired) electrons. The minimum absolute atomic E-state index is 0.00396. The van der Waals surface area contributed by atoms with Crippen molar-refractivity contribution < 1.29 is 18.3 Å². The summed E-state index contributed by atoms with van der Waals surface area (Å²) in [5.41, 5.74) is 0.194. The number of benzene rings is 1. The van der Waals surface area contributed by atoms with E-state index >= 15 is 0 Å². The predicted molar refractivity (Wildman–Crippen MR) is 63.9 cm³/mol. The molecule has 0 spiro atoms. The van der Waals surface area contributed by atoms with Crippen LogP contribution in [0.1, 0.15) is 0 Å². The maximum atomic E-state index is 12.2. The second kappa shape index (κ2) is 5.94. The molecule has 1 amide bonds. The first-order chi connectivity index (χ1) is 9.15. The van der Waals surface area contributed by atoms with Crippen molar-refractivity contribution in [2.45, 2.75) is 13.2 Å². The maximum absolute atomic E-state index is 12.2. The highest BCUT2D eigenvalue weighted by atomic mass is 19.3. The minimum atomic E-state index is -2.94. The summed E-state index contributed by atoms with van der Waals surface area (Å²) in [5.74, 6) is -0.458. The number of hydrogen-bond donors (Lipinski definition) is 1. The molecule has 0 aliphatic heterocycles. The first-order valence-corrected chi connectivity index (χ1v) is 5.46. The first kappa shape index (κ1) is 13.0. The monoisotopic (exact) mass is 267 g/mol. The van der Waals surface area contributed by atoms with Gasteiger partial charge in [0.05, 0.1) is 5.69 Å². The lowest BCUT2D eigenvalue weighted by molar-refractivity contribution is -0.117. The number of nitrogens with zero attached hydrogens (tertiary/aromatic N) is 2. The van der Waals surface area contributed by atoms with Crippen molar-refractivity contribution in [3.63, 3.8) is 0 Å². The highest BCUT2D eigenvalue weighted by Gasteiger charge is 2.11. The summed E-state index contributed by atoms with van der Waals surface area (Å²) in [7, 11) is 0. The Morgan fingerprint density at radius 2 is 2.16 bits per heavy atom. The summed E-state index contributed by atoms with van der Waals surface area (Å²) in [6.45, 7) is -2.94. The summed E-state index contributed by atoms with van der Waals surface area (Å²) in [6.07, 6.45) is 3.17. The lowest BCUT2D eigenvalue weighted by Gasteiger charge is -2.11. The van der Waals surface area contributed by atoms with Crippen molar-refractivity contribution in [1.82, 2.24) is 9.78 Å². The van der Waals surface area contributed by atoms with Gasteiger partial charge in [-0.3, -0.25) is 9.48 Å². The highest BCUT2D eigenvalue weighted by Crippen LogP contribution is 2.25. The summed E-state index contributed by atoms with van der Waals surface area (Å²) < 4.78 is 30.1. The zero-order chi connectivity index (χ0) is 13.7. The van der Waals surface area contributed by atoms with Crippen LogP contribution in [0.4, 0.5) is 14.5 Å². The van der Waals surface area contributed by atoms with Crippen molar-refractivity contribution in [2.24, 2.45) is 0 Å². The van der Waals surface area contributed by atoms with Gasteiger partial charge in [0.1, 0.15) is 12.3 Å². The molecule has 0 atom stereocenters. The van der Waals surface area contributed by atoms with E-state index in [1.807, 2.05) is 0 Å². The zero-order valence-corrected chi connectivity index (χ0v) is 9.79. The number of amides is 1. The second-order valence-electron chi connectivity index (χ2n) is 3.63. The zero-order valence-electron chi connectivity index (χ0n) is 9.79. The molecule has 2 aromatic rings. The molecule has 100 valence electrons. The van der Waals surface area contributed by atoms with Crippen LogP contribution in [0.3, 0.4) is 0 Å². The number of aromatic nitrogens is 2. The molecule has 1 N–H and O–H groups in total. The van der Waals surface area contributed by atoms with Crippen LogP contribution in [-0.2, 0) is 11.3 Å². The second-order valence-corrected chi connectivity index (χ2v) is 3.63. The average Bonchev–Trinajstić information content (AvgIpc) is 2.83. The van der Waals surface area contributed by atoms with Crippen LogP contribution in [0.5, 0.6) is 5.75 Å². The number of ether oxygens (including phenoxy) is 1. The molecule has 2 rings (SSSR count). The summed E-state index contributed by atoms with van der Waals surface area (Å²) in [4.78, 5) is 11.7. The third kappa shape index (κ3) is 3.77. The molecular weight excluding hydrogens is 256 g/mol. The SMILES string of the molecule is O=C(Cn1cccn1)Nc1ccccc1OC(F)F. The summed E-state index contributed by atoms with van der Waals surface area (Å²) in [5, 5.41) is 6.37. The van der Waals surface area contributed by atoms with E-state index in [9.17, 15) is 13.6 Å². The fraction of sp³-hybridized carbons (Fsp3) is 0.167. The maximum Gasteiger partial charge on any atom is 0.387 e. The van der Waals surface area contributed by atoms with Crippen molar-refractivity contribution in [3.8, 4) is 5.75 Å². The van der Waals surface area contributed by atoms with Gasteiger partial charge >= 0.3 is 6.61 Å². The van der Waals surface area contributed by atoms with Gasteiger partial charge in [0, 0.05) is 12.4 Å². The Balaban J connectivity index is 2.04. The lowest BCUT2D eigenvalue weighted by atomic mass is 10.3. The third-order valence-electron chi connectivity index (χ3n) is 2.24. The quantitative estimate of drug-likeness (QED) is 0.902. The van der Waals surface area contributed by atoms with E-state index in [4.69, 9.17) is 0 Å². The van der Waals surface area contributed by atoms with E-state index < -0.39 is 6.61 Å². The van der Waals surface area contributed by atoms with E-state index in [2.05, 4.69) is 15.2 Å². The van der Waals surface area contributed by atoms with Crippen LogP contribution in [0.25, 0.3) is 0 Å². The lowest BCUT2D eigenvalue weighted by Crippen LogP contribution is -2.19.